The number of anilines is 4. The van der Waals surface area contributed by atoms with E-state index in [0.29, 0.717) is 6.54 Å². The van der Waals surface area contributed by atoms with Crippen molar-refractivity contribution in [3.8, 4) is 0 Å². The fourth-order valence-electron chi connectivity index (χ4n) is 4.06. The third-order valence-corrected chi connectivity index (χ3v) is 5.45. The summed E-state index contributed by atoms with van der Waals surface area (Å²) in [4.78, 5) is 15.8. The zero-order chi connectivity index (χ0) is 19.8. The van der Waals surface area contributed by atoms with Crippen molar-refractivity contribution in [2.45, 2.75) is 39.5 Å². The van der Waals surface area contributed by atoms with Crippen LogP contribution in [0.5, 0.6) is 0 Å². The number of nitrogens with one attached hydrogen (secondary N) is 2. The van der Waals surface area contributed by atoms with Crippen LogP contribution in [-0.4, -0.2) is 38.4 Å². The van der Waals surface area contributed by atoms with Gasteiger partial charge in [-0.15, -0.1) is 0 Å². The smallest absolute Gasteiger partial charge is 0.321 e. The second-order valence-corrected chi connectivity index (χ2v) is 7.85. The first-order valence-electron chi connectivity index (χ1n) is 9.83. The molecule has 0 radical (unpaired) electrons. The van der Waals surface area contributed by atoms with Gasteiger partial charge in [-0.1, -0.05) is 0 Å². The molecule has 0 saturated carbocycles. The van der Waals surface area contributed by atoms with Gasteiger partial charge in [-0.3, -0.25) is 4.90 Å². The second-order valence-electron chi connectivity index (χ2n) is 7.85. The van der Waals surface area contributed by atoms with Crippen molar-refractivity contribution in [2.75, 3.05) is 35.3 Å². The summed E-state index contributed by atoms with van der Waals surface area (Å²) in [6.45, 7) is 8.77. The Labute approximate surface area is 166 Å². The first-order chi connectivity index (χ1) is 13.4. The number of amides is 2. The van der Waals surface area contributed by atoms with Crippen LogP contribution in [-0.2, 0) is 11.3 Å². The van der Waals surface area contributed by atoms with Crippen LogP contribution < -0.4 is 20.4 Å². The number of urea groups is 1. The summed E-state index contributed by atoms with van der Waals surface area (Å²) in [5, 5.41) is 6.41. The minimum Gasteiger partial charge on any atom is -0.372 e. The molecule has 2 amide bonds. The van der Waals surface area contributed by atoms with Gasteiger partial charge in [0.25, 0.3) is 0 Å². The number of carbonyl (C=O) groups excluding carboxylic acids is 1. The molecule has 2 heterocycles. The molecule has 2 aromatic rings. The van der Waals surface area contributed by atoms with E-state index in [-0.39, 0.29) is 18.2 Å². The average molecular weight is 380 g/mol. The molecule has 28 heavy (non-hydrogen) atoms. The molecule has 0 bridgehead atoms. The molecule has 4 rings (SSSR count). The third-order valence-electron chi connectivity index (χ3n) is 5.45. The summed E-state index contributed by atoms with van der Waals surface area (Å²) in [6.07, 6.45) is 0.493. The number of ether oxygens (including phenoxy) is 1. The summed E-state index contributed by atoms with van der Waals surface area (Å²) in [7, 11) is 1.79. The van der Waals surface area contributed by atoms with E-state index in [2.05, 4.69) is 60.6 Å². The Morgan fingerprint density at radius 3 is 2.57 bits per heavy atom. The highest BCUT2D eigenvalue weighted by Gasteiger charge is 2.23. The van der Waals surface area contributed by atoms with Gasteiger partial charge in [-0.25, -0.2) is 4.79 Å². The summed E-state index contributed by atoms with van der Waals surface area (Å²) in [5.41, 5.74) is 6.61. The molecule has 2 aliphatic rings. The van der Waals surface area contributed by atoms with Crippen LogP contribution in [0.25, 0.3) is 0 Å². The van der Waals surface area contributed by atoms with Crippen LogP contribution in [0, 0.1) is 6.92 Å². The molecule has 0 spiro atoms. The Morgan fingerprint density at radius 1 is 1.11 bits per heavy atom. The van der Waals surface area contributed by atoms with Gasteiger partial charge >= 0.3 is 6.03 Å². The maximum atomic E-state index is 11.8. The number of carbonyl (C=O) groups is 1. The summed E-state index contributed by atoms with van der Waals surface area (Å²) in [5.74, 6) is 0. The summed E-state index contributed by atoms with van der Waals surface area (Å²) in [6, 6.07) is 12.6. The van der Waals surface area contributed by atoms with Crippen molar-refractivity contribution in [3.63, 3.8) is 0 Å². The molecule has 2 aliphatic heterocycles. The lowest BCUT2D eigenvalue weighted by Crippen LogP contribution is -2.45. The van der Waals surface area contributed by atoms with E-state index in [0.717, 1.165) is 35.7 Å². The first-order valence-corrected chi connectivity index (χ1v) is 9.83. The van der Waals surface area contributed by atoms with Crippen molar-refractivity contribution in [1.29, 1.82) is 0 Å². The maximum absolute atomic E-state index is 11.8. The van der Waals surface area contributed by atoms with E-state index in [1.54, 1.807) is 11.9 Å². The topological polar surface area (TPSA) is 56.8 Å². The lowest BCUT2D eigenvalue weighted by Gasteiger charge is -2.37. The van der Waals surface area contributed by atoms with Gasteiger partial charge in [0, 0.05) is 43.7 Å². The van der Waals surface area contributed by atoms with E-state index in [1.165, 1.54) is 11.3 Å². The Morgan fingerprint density at radius 2 is 1.86 bits per heavy atom. The molecule has 1 fully saturated rings. The second kappa shape index (κ2) is 7.36. The van der Waals surface area contributed by atoms with Crippen LogP contribution in [0.1, 0.15) is 25.0 Å². The molecule has 0 aromatic heterocycles. The summed E-state index contributed by atoms with van der Waals surface area (Å²) >= 11 is 0. The van der Waals surface area contributed by atoms with Crippen molar-refractivity contribution in [1.82, 2.24) is 5.32 Å². The fourth-order valence-corrected chi connectivity index (χ4v) is 4.06. The molecule has 2 N–H and O–H groups in total. The number of aryl methyl sites for hydroxylation is 1. The van der Waals surface area contributed by atoms with E-state index >= 15 is 0 Å². The molecule has 0 aliphatic carbocycles. The van der Waals surface area contributed by atoms with Crippen LogP contribution in [0.4, 0.5) is 27.5 Å². The molecule has 148 valence electrons. The largest absolute Gasteiger partial charge is 0.372 e. The van der Waals surface area contributed by atoms with Crippen molar-refractivity contribution < 1.29 is 9.53 Å². The summed E-state index contributed by atoms with van der Waals surface area (Å²) < 4.78 is 5.85. The van der Waals surface area contributed by atoms with Crippen LogP contribution in [0.2, 0.25) is 0 Å². The lowest BCUT2D eigenvalue weighted by atomic mass is 10.1. The van der Waals surface area contributed by atoms with E-state index < -0.39 is 0 Å². The van der Waals surface area contributed by atoms with Crippen LogP contribution in [0.3, 0.4) is 0 Å². The Hall–Kier alpha value is -2.73. The van der Waals surface area contributed by atoms with Crippen molar-refractivity contribution in [3.05, 3.63) is 47.5 Å². The minimum absolute atomic E-state index is 0.0635. The van der Waals surface area contributed by atoms with Gasteiger partial charge in [-0.2, -0.15) is 0 Å². The molecule has 2 atom stereocenters. The van der Waals surface area contributed by atoms with Gasteiger partial charge in [0.1, 0.15) is 0 Å². The molecule has 6 nitrogen and oxygen atoms in total. The van der Waals surface area contributed by atoms with Crippen molar-refractivity contribution in [2.24, 2.45) is 0 Å². The number of hydrogen-bond donors (Lipinski definition) is 2. The highest BCUT2D eigenvalue weighted by Crippen LogP contribution is 2.31. The number of hydrogen-bond acceptors (Lipinski definition) is 4. The van der Waals surface area contributed by atoms with Crippen molar-refractivity contribution >= 4 is 28.8 Å². The van der Waals surface area contributed by atoms with Crippen LogP contribution >= 0.6 is 0 Å². The SMILES string of the molecule is Cc1cc(N2CC(C)OC(C)C2)ccc1Nc1ccc2c(c1)CNC(=O)N2C. The first kappa shape index (κ1) is 18.6. The zero-order valence-electron chi connectivity index (χ0n) is 17.0. The average Bonchev–Trinajstić information content (AvgIpc) is 2.66. The predicted octanol–water partition coefficient (Wildman–Crippen LogP) is 4.01. The van der Waals surface area contributed by atoms with Gasteiger partial charge < -0.3 is 20.3 Å². The zero-order valence-corrected chi connectivity index (χ0v) is 17.0. The number of morpholine rings is 1. The minimum atomic E-state index is -0.0635. The predicted molar refractivity (Wildman–Crippen MR) is 114 cm³/mol. The van der Waals surface area contributed by atoms with E-state index in [4.69, 9.17) is 4.74 Å². The fraction of sp³-hybridized carbons (Fsp3) is 0.409. The number of rotatable bonds is 3. The van der Waals surface area contributed by atoms with Gasteiger partial charge in [0.2, 0.25) is 0 Å². The molecular weight excluding hydrogens is 352 g/mol. The molecule has 2 unspecified atom stereocenters. The van der Waals surface area contributed by atoms with E-state index in [9.17, 15) is 4.79 Å². The standard InChI is InChI=1S/C22H28N4O2/c1-14-9-19(26-12-15(2)28-16(3)13-26)6-7-20(14)24-18-5-8-21-17(10-18)11-23-22(27)25(21)4/h5-10,15-16,24H,11-13H2,1-4H3,(H,23,27). The molecular formula is C22H28N4O2. The number of nitrogens with zero attached hydrogens (tertiary/aromatic N) is 2. The normalized spacial score (nSPS) is 21.9. The monoisotopic (exact) mass is 380 g/mol. The van der Waals surface area contributed by atoms with Gasteiger partial charge in [0.15, 0.2) is 0 Å². The van der Waals surface area contributed by atoms with Gasteiger partial charge in [-0.05, 0) is 68.3 Å². The van der Waals surface area contributed by atoms with Gasteiger partial charge in [0.05, 0.1) is 17.9 Å². The number of fused-ring (bicyclic) bond motifs is 1. The Kier molecular flexibility index (Phi) is 4.89. The molecule has 1 saturated heterocycles. The quantitative estimate of drug-likeness (QED) is 0.845. The third kappa shape index (κ3) is 3.64. The highest BCUT2D eigenvalue weighted by atomic mass is 16.5. The highest BCUT2D eigenvalue weighted by molar-refractivity contribution is 5.94. The Bertz CT molecular complexity index is 888. The van der Waals surface area contributed by atoms with Crippen LogP contribution in [0.15, 0.2) is 36.4 Å². The van der Waals surface area contributed by atoms with E-state index in [1.807, 2.05) is 12.1 Å². The number of benzene rings is 2. The molecule has 6 heteroatoms. The molecule has 2 aromatic carbocycles. The maximum Gasteiger partial charge on any atom is 0.321 e. The lowest BCUT2D eigenvalue weighted by molar-refractivity contribution is -0.00521. The Balaban J connectivity index is 1.52.